The third kappa shape index (κ3) is 6.53. The molecule has 0 fully saturated rings. The summed E-state index contributed by atoms with van der Waals surface area (Å²) in [4.78, 5) is 28.3. The first-order valence-corrected chi connectivity index (χ1v) is 13.4. The molecule has 7 nitrogen and oxygen atoms in total. The molecule has 41 heavy (non-hydrogen) atoms. The number of amides is 2. The Hall–Kier alpha value is -4.34. The number of hydrogen-bond acceptors (Lipinski definition) is 4. The van der Waals surface area contributed by atoms with E-state index in [1.54, 1.807) is 33.8 Å². The third-order valence-corrected chi connectivity index (χ3v) is 6.97. The standard InChI is InChI=1S/C31H31F3N4O3/c1-30(2,3)36-29(40)37-17-15-25-24(20-6-4-9-23(18-20)41-31(32,33)34)11-12-26(27(25)19-37)28(39)13-10-21-7-5-8-22-14-16-35-38(21)22/h4-9,11-12,14,16,18H,10,13,15,17,19H2,1-3H3,(H,36,40). The number of pyridine rings is 1. The number of nitrogens with zero attached hydrogens (tertiary/aromatic N) is 3. The van der Waals surface area contributed by atoms with Gasteiger partial charge in [0.25, 0.3) is 0 Å². The highest BCUT2D eigenvalue weighted by atomic mass is 19.4. The van der Waals surface area contributed by atoms with Crippen molar-refractivity contribution in [3.8, 4) is 16.9 Å². The summed E-state index contributed by atoms with van der Waals surface area (Å²) in [6.07, 6.45) is -1.95. The predicted molar refractivity (Wildman–Crippen MR) is 149 cm³/mol. The van der Waals surface area contributed by atoms with Crippen molar-refractivity contribution in [2.75, 3.05) is 6.54 Å². The van der Waals surface area contributed by atoms with Crippen molar-refractivity contribution in [2.45, 2.75) is 58.5 Å². The van der Waals surface area contributed by atoms with Crippen molar-refractivity contribution < 1.29 is 27.5 Å². The molecule has 0 atom stereocenters. The number of rotatable bonds is 6. The molecule has 5 rings (SSSR count). The number of carbonyl (C=O) groups is 2. The average Bonchev–Trinajstić information content (AvgIpc) is 3.39. The summed E-state index contributed by atoms with van der Waals surface area (Å²) in [5, 5.41) is 7.32. The van der Waals surface area contributed by atoms with Crippen LogP contribution in [0.1, 0.15) is 54.4 Å². The van der Waals surface area contributed by atoms with Gasteiger partial charge >= 0.3 is 12.4 Å². The first kappa shape index (κ1) is 28.2. The summed E-state index contributed by atoms with van der Waals surface area (Å²) in [6.45, 7) is 6.29. The molecule has 3 heterocycles. The number of aromatic nitrogens is 2. The number of Topliss-reactive ketones (excluding diaryl/α,β-unsaturated/α-hetero) is 1. The lowest BCUT2D eigenvalue weighted by atomic mass is 9.85. The van der Waals surface area contributed by atoms with Gasteiger partial charge in [0.15, 0.2) is 5.78 Å². The van der Waals surface area contributed by atoms with Crippen LogP contribution >= 0.6 is 0 Å². The van der Waals surface area contributed by atoms with Crippen LogP contribution in [0.2, 0.25) is 0 Å². The molecule has 0 radical (unpaired) electrons. The topological polar surface area (TPSA) is 75.9 Å². The van der Waals surface area contributed by atoms with Crippen LogP contribution in [-0.2, 0) is 19.4 Å². The van der Waals surface area contributed by atoms with E-state index in [0.29, 0.717) is 41.6 Å². The van der Waals surface area contributed by atoms with Crippen LogP contribution in [0.15, 0.2) is 66.9 Å². The van der Waals surface area contributed by atoms with Gasteiger partial charge in [-0.15, -0.1) is 13.2 Å². The molecule has 1 aliphatic heterocycles. The first-order chi connectivity index (χ1) is 19.4. The third-order valence-electron chi connectivity index (χ3n) is 6.97. The molecule has 2 aromatic carbocycles. The number of carbonyl (C=O) groups excluding carboxylic acids is 2. The maximum Gasteiger partial charge on any atom is 0.573 e. The quantitative estimate of drug-likeness (QED) is 0.269. The van der Waals surface area contributed by atoms with Gasteiger partial charge in [-0.3, -0.25) is 4.79 Å². The molecule has 0 spiro atoms. The zero-order valence-corrected chi connectivity index (χ0v) is 23.1. The van der Waals surface area contributed by atoms with E-state index in [4.69, 9.17) is 0 Å². The number of benzene rings is 2. The Bertz CT molecular complexity index is 1600. The Kier molecular flexibility index (Phi) is 7.50. The van der Waals surface area contributed by atoms with E-state index in [1.807, 2.05) is 45.0 Å². The highest BCUT2D eigenvalue weighted by Gasteiger charge is 2.32. The van der Waals surface area contributed by atoms with Crippen molar-refractivity contribution >= 4 is 17.3 Å². The number of urea groups is 1. The van der Waals surface area contributed by atoms with Crippen molar-refractivity contribution in [3.05, 3.63) is 89.2 Å². The monoisotopic (exact) mass is 564 g/mol. The number of nitrogens with one attached hydrogen (secondary N) is 1. The van der Waals surface area contributed by atoms with Gasteiger partial charge in [0.1, 0.15) is 5.75 Å². The Balaban J connectivity index is 1.49. The van der Waals surface area contributed by atoms with Crippen LogP contribution in [0.3, 0.4) is 0 Å². The Morgan fingerprint density at radius 3 is 2.54 bits per heavy atom. The van der Waals surface area contributed by atoms with Crippen molar-refractivity contribution in [1.29, 1.82) is 0 Å². The van der Waals surface area contributed by atoms with Crippen molar-refractivity contribution in [1.82, 2.24) is 19.8 Å². The smallest absolute Gasteiger partial charge is 0.406 e. The van der Waals surface area contributed by atoms with Crippen LogP contribution in [0.4, 0.5) is 18.0 Å². The lowest BCUT2D eigenvalue weighted by Gasteiger charge is -2.34. The minimum absolute atomic E-state index is 0.0794. The minimum atomic E-state index is -4.81. The molecule has 1 N–H and O–H groups in total. The van der Waals surface area contributed by atoms with E-state index >= 15 is 0 Å². The second-order valence-electron chi connectivity index (χ2n) is 11.2. The maximum atomic E-state index is 13.6. The second-order valence-corrected chi connectivity index (χ2v) is 11.2. The minimum Gasteiger partial charge on any atom is -0.406 e. The normalized spacial score (nSPS) is 13.7. The number of aryl methyl sites for hydroxylation is 1. The van der Waals surface area contributed by atoms with Gasteiger partial charge in [0.2, 0.25) is 0 Å². The summed E-state index contributed by atoms with van der Waals surface area (Å²) in [5.74, 6) is -0.400. The summed E-state index contributed by atoms with van der Waals surface area (Å²) < 4.78 is 44.6. The largest absolute Gasteiger partial charge is 0.573 e. The summed E-state index contributed by atoms with van der Waals surface area (Å²) in [7, 11) is 0. The molecule has 2 amide bonds. The van der Waals surface area contributed by atoms with Crippen molar-refractivity contribution in [2.24, 2.45) is 0 Å². The van der Waals surface area contributed by atoms with Gasteiger partial charge in [-0.2, -0.15) is 5.10 Å². The predicted octanol–water partition coefficient (Wildman–Crippen LogP) is 6.58. The Morgan fingerprint density at radius 1 is 1.00 bits per heavy atom. The second kappa shape index (κ2) is 10.9. The SMILES string of the molecule is CC(C)(C)NC(=O)N1CCc2c(-c3cccc(OC(F)(F)F)c3)ccc(C(=O)CCc3cccc4ccnn34)c2C1. The molecule has 214 valence electrons. The fourth-order valence-electron chi connectivity index (χ4n) is 5.22. The molecule has 0 saturated heterocycles. The van der Waals surface area contributed by atoms with Crippen molar-refractivity contribution in [3.63, 3.8) is 0 Å². The zero-order chi connectivity index (χ0) is 29.4. The van der Waals surface area contributed by atoms with Gasteiger partial charge < -0.3 is 15.0 Å². The number of alkyl halides is 3. The number of hydrogen-bond donors (Lipinski definition) is 1. The molecule has 0 bridgehead atoms. The molecular formula is C31H31F3N4O3. The average molecular weight is 565 g/mol. The highest BCUT2D eigenvalue weighted by molar-refractivity contribution is 5.99. The van der Waals surface area contributed by atoms with Gasteiger partial charge in [0, 0.05) is 42.5 Å². The van der Waals surface area contributed by atoms with Gasteiger partial charge in [-0.05, 0) is 86.2 Å². The Labute approximate surface area is 235 Å². The molecule has 1 aliphatic rings. The number of ketones is 1. The summed E-state index contributed by atoms with van der Waals surface area (Å²) >= 11 is 0. The lowest BCUT2D eigenvalue weighted by Crippen LogP contribution is -2.50. The molecular weight excluding hydrogens is 533 g/mol. The first-order valence-electron chi connectivity index (χ1n) is 13.4. The summed E-state index contributed by atoms with van der Waals surface area (Å²) in [5.41, 5.74) is 4.71. The fourth-order valence-corrected chi connectivity index (χ4v) is 5.22. The number of ether oxygens (including phenoxy) is 1. The van der Waals surface area contributed by atoms with E-state index < -0.39 is 11.9 Å². The van der Waals surface area contributed by atoms with Crippen LogP contribution < -0.4 is 10.1 Å². The van der Waals surface area contributed by atoms with Crippen LogP contribution in [0.25, 0.3) is 16.6 Å². The maximum absolute atomic E-state index is 13.6. The zero-order valence-electron chi connectivity index (χ0n) is 23.1. The van der Waals surface area contributed by atoms with E-state index in [-0.39, 0.29) is 30.5 Å². The lowest BCUT2D eigenvalue weighted by molar-refractivity contribution is -0.274. The van der Waals surface area contributed by atoms with Crippen LogP contribution in [0, 0.1) is 0 Å². The number of halogens is 3. The highest BCUT2D eigenvalue weighted by Crippen LogP contribution is 2.35. The molecule has 2 aromatic heterocycles. The molecule has 0 aliphatic carbocycles. The Morgan fingerprint density at radius 2 is 1.78 bits per heavy atom. The van der Waals surface area contributed by atoms with Gasteiger partial charge in [0.05, 0.1) is 5.52 Å². The van der Waals surface area contributed by atoms with Gasteiger partial charge in [-0.1, -0.05) is 30.3 Å². The van der Waals surface area contributed by atoms with E-state index in [2.05, 4.69) is 15.2 Å². The molecule has 10 heteroatoms. The molecule has 0 saturated carbocycles. The number of fused-ring (bicyclic) bond motifs is 2. The van der Waals surface area contributed by atoms with Gasteiger partial charge in [-0.25, -0.2) is 9.31 Å². The molecule has 0 unspecified atom stereocenters. The molecule has 4 aromatic rings. The van der Waals surface area contributed by atoms with E-state index in [0.717, 1.165) is 16.8 Å². The van der Waals surface area contributed by atoms with Crippen LogP contribution in [-0.4, -0.2) is 44.8 Å². The van der Waals surface area contributed by atoms with E-state index in [1.165, 1.54) is 18.2 Å². The van der Waals surface area contributed by atoms with E-state index in [9.17, 15) is 22.8 Å². The fraction of sp³-hybridized carbons (Fsp3) is 0.323. The summed E-state index contributed by atoms with van der Waals surface area (Å²) in [6, 6.07) is 16.8. The van der Waals surface area contributed by atoms with Crippen LogP contribution in [0.5, 0.6) is 5.75 Å².